The number of aromatic nitrogens is 2. The zero-order chi connectivity index (χ0) is 18.0. The molecule has 2 aromatic carbocycles. The van der Waals surface area contributed by atoms with Gasteiger partial charge in [-0.05, 0) is 31.2 Å². The molecule has 2 N–H and O–H groups in total. The van der Waals surface area contributed by atoms with Crippen LogP contribution in [0.1, 0.15) is 18.6 Å². The Labute approximate surface area is 154 Å². The van der Waals surface area contributed by atoms with Crippen LogP contribution in [0.2, 0.25) is 10.0 Å². The average molecular weight is 377 g/mol. The van der Waals surface area contributed by atoms with Gasteiger partial charge in [-0.3, -0.25) is 0 Å². The summed E-state index contributed by atoms with van der Waals surface area (Å²) in [5, 5.41) is 0.194. The van der Waals surface area contributed by atoms with Crippen molar-refractivity contribution in [1.82, 2.24) is 9.97 Å². The van der Waals surface area contributed by atoms with Crippen LogP contribution in [0.3, 0.4) is 0 Å². The SMILES string of the molecule is CC(Oc1nc(-c2c[c]ccc2)cnc1N)c1c(Cl)ccc(F)c1Cl. The Bertz CT molecular complexity index is 906. The number of benzene rings is 2. The first kappa shape index (κ1) is 17.5. The van der Waals surface area contributed by atoms with E-state index in [-0.39, 0.29) is 16.7 Å². The molecule has 0 bridgehead atoms. The molecule has 25 heavy (non-hydrogen) atoms. The molecular formula is C18H13Cl2FN3O. The number of nitrogen functional groups attached to an aromatic ring is 1. The van der Waals surface area contributed by atoms with E-state index in [0.29, 0.717) is 16.3 Å². The summed E-state index contributed by atoms with van der Waals surface area (Å²) in [7, 11) is 0. The summed E-state index contributed by atoms with van der Waals surface area (Å²) in [6.45, 7) is 1.68. The fourth-order valence-corrected chi connectivity index (χ4v) is 2.98. The second kappa shape index (κ2) is 7.25. The molecule has 0 amide bonds. The molecule has 3 rings (SSSR count). The minimum Gasteiger partial charge on any atom is -0.467 e. The first-order chi connectivity index (χ1) is 12.0. The van der Waals surface area contributed by atoms with E-state index in [2.05, 4.69) is 16.0 Å². The first-order valence-corrected chi connectivity index (χ1v) is 8.12. The van der Waals surface area contributed by atoms with E-state index in [4.69, 9.17) is 33.7 Å². The zero-order valence-corrected chi connectivity index (χ0v) is 14.6. The van der Waals surface area contributed by atoms with Crippen LogP contribution in [0.4, 0.5) is 10.2 Å². The number of nitrogens with two attached hydrogens (primary N) is 1. The summed E-state index contributed by atoms with van der Waals surface area (Å²) in [5.41, 5.74) is 7.56. The first-order valence-electron chi connectivity index (χ1n) is 7.36. The van der Waals surface area contributed by atoms with Gasteiger partial charge in [-0.15, -0.1) is 0 Å². The molecule has 0 aliphatic heterocycles. The summed E-state index contributed by atoms with van der Waals surface area (Å²) in [6, 6.07) is 12.8. The minimum atomic E-state index is -0.676. The lowest BCUT2D eigenvalue weighted by Gasteiger charge is -2.18. The predicted molar refractivity (Wildman–Crippen MR) is 96.2 cm³/mol. The smallest absolute Gasteiger partial charge is 0.258 e. The van der Waals surface area contributed by atoms with E-state index in [9.17, 15) is 4.39 Å². The molecule has 1 radical (unpaired) electrons. The Morgan fingerprint density at radius 2 is 2.08 bits per heavy atom. The average Bonchev–Trinajstić information content (AvgIpc) is 2.61. The van der Waals surface area contributed by atoms with Gasteiger partial charge in [-0.25, -0.2) is 14.4 Å². The Hall–Kier alpha value is -2.37. The summed E-state index contributed by atoms with van der Waals surface area (Å²) < 4.78 is 19.5. The van der Waals surface area contributed by atoms with Crippen molar-refractivity contribution in [2.45, 2.75) is 13.0 Å². The lowest BCUT2D eigenvalue weighted by atomic mass is 10.1. The molecule has 1 heterocycles. The lowest BCUT2D eigenvalue weighted by Crippen LogP contribution is -2.09. The van der Waals surface area contributed by atoms with Crippen LogP contribution in [0, 0.1) is 11.9 Å². The molecule has 0 spiro atoms. The van der Waals surface area contributed by atoms with Gasteiger partial charge in [0, 0.05) is 16.1 Å². The third-order valence-electron chi connectivity index (χ3n) is 3.54. The maximum absolute atomic E-state index is 13.7. The second-order valence-corrected chi connectivity index (χ2v) is 6.04. The fourth-order valence-electron chi connectivity index (χ4n) is 2.30. The van der Waals surface area contributed by atoms with Gasteiger partial charge in [-0.2, -0.15) is 0 Å². The third-order valence-corrected chi connectivity index (χ3v) is 4.26. The second-order valence-electron chi connectivity index (χ2n) is 5.25. The highest BCUT2D eigenvalue weighted by Crippen LogP contribution is 2.35. The Morgan fingerprint density at radius 3 is 2.80 bits per heavy atom. The summed E-state index contributed by atoms with van der Waals surface area (Å²) >= 11 is 12.1. The summed E-state index contributed by atoms with van der Waals surface area (Å²) in [6.07, 6.45) is 0.864. The van der Waals surface area contributed by atoms with Crippen molar-refractivity contribution >= 4 is 29.0 Å². The van der Waals surface area contributed by atoms with Crippen molar-refractivity contribution in [2.75, 3.05) is 5.73 Å². The van der Waals surface area contributed by atoms with Crippen molar-refractivity contribution in [1.29, 1.82) is 0 Å². The highest BCUT2D eigenvalue weighted by atomic mass is 35.5. The van der Waals surface area contributed by atoms with Gasteiger partial charge in [-0.1, -0.05) is 41.4 Å². The largest absolute Gasteiger partial charge is 0.467 e. The standard InChI is InChI=1S/C18H13Cl2FN3O/c1-10(15-12(19)7-8-13(21)16(15)20)25-18-17(22)23-9-14(24-18)11-5-3-2-4-6-11/h2-3,5-10H,1H3,(H2,22,23). The summed E-state index contributed by atoms with van der Waals surface area (Å²) in [5.74, 6) is -0.353. The molecule has 0 saturated heterocycles. The number of nitrogens with zero attached hydrogens (tertiary/aromatic N) is 2. The van der Waals surface area contributed by atoms with Crippen LogP contribution >= 0.6 is 23.2 Å². The van der Waals surface area contributed by atoms with E-state index in [1.165, 1.54) is 18.3 Å². The molecule has 127 valence electrons. The van der Waals surface area contributed by atoms with Crippen LogP contribution in [0.5, 0.6) is 5.88 Å². The molecule has 1 unspecified atom stereocenters. The van der Waals surface area contributed by atoms with Gasteiger partial charge >= 0.3 is 0 Å². The van der Waals surface area contributed by atoms with Crippen molar-refractivity contribution < 1.29 is 9.13 Å². The van der Waals surface area contributed by atoms with Crippen molar-refractivity contribution in [2.24, 2.45) is 0 Å². The van der Waals surface area contributed by atoms with Crippen molar-refractivity contribution in [3.63, 3.8) is 0 Å². The maximum Gasteiger partial charge on any atom is 0.258 e. The topological polar surface area (TPSA) is 61.0 Å². The molecule has 0 aliphatic rings. The maximum atomic E-state index is 13.7. The Morgan fingerprint density at radius 1 is 1.28 bits per heavy atom. The van der Waals surface area contributed by atoms with Gasteiger partial charge in [0.15, 0.2) is 5.82 Å². The minimum absolute atomic E-state index is 0.0969. The number of hydrogen-bond acceptors (Lipinski definition) is 4. The van der Waals surface area contributed by atoms with Crippen LogP contribution in [0.15, 0.2) is 42.6 Å². The molecule has 1 atom stereocenters. The van der Waals surface area contributed by atoms with E-state index in [1.807, 2.05) is 12.1 Å². The van der Waals surface area contributed by atoms with Crippen LogP contribution < -0.4 is 10.5 Å². The van der Waals surface area contributed by atoms with Crippen LogP contribution in [0.25, 0.3) is 11.3 Å². The number of anilines is 1. The van der Waals surface area contributed by atoms with E-state index in [0.717, 1.165) is 5.56 Å². The molecular weight excluding hydrogens is 364 g/mol. The van der Waals surface area contributed by atoms with Gasteiger partial charge in [0.2, 0.25) is 0 Å². The van der Waals surface area contributed by atoms with Crippen LogP contribution in [-0.2, 0) is 0 Å². The molecule has 7 heteroatoms. The van der Waals surface area contributed by atoms with Gasteiger partial charge in [0.05, 0.1) is 16.9 Å². The fraction of sp³-hybridized carbons (Fsp3) is 0.111. The van der Waals surface area contributed by atoms with Crippen molar-refractivity contribution in [3.8, 4) is 17.1 Å². The highest BCUT2D eigenvalue weighted by Gasteiger charge is 2.20. The predicted octanol–water partition coefficient (Wildman–Crippen LogP) is 5.11. The van der Waals surface area contributed by atoms with Gasteiger partial charge in [0.25, 0.3) is 5.88 Å². The Balaban J connectivity index is 1.94. The molecule has 4 nitrogen and oxygen atoms in total. The normalized spacial score (nSPS) is 12.0. The summed E-state index contributed by atoms with van der Waals surface area (Å²) in [4.78, 5) is 8.48. The molecule has 0 saturated carbocycles. The monoisotopic (exact) mass is 376 g/mol. The number of rotatable bonds is 4. The van der Waals surface area contributed by atoms with Crippen LogP contribution in [-0.4, -0.2) is 9.97 Å². The molecule has 0 aliphatic carbocycles. The zero-order valence-electron chi connectivity index (χ0n) is 13.1. The molecule has 3 aromatic rings. The van der Waals surface area contributed by atoms with E-state index < -0.39 is 11.9 Å². The molecule has 1 aromatic heterocycles. The van der Waals surface area contributed by atoms with Crippen molar-refractivity contribution in [3.05, 3.63) is 70.1 Å². The number of halogens is 3. The third kappa shape index (κ3) is 3.67. The number of ether oxygens (including phenoxy) is 1. The Kier molecular flexibility index (Phi) is 5.06. The van der Waals surface area contributed by atoms with Gasteiger partial charge < -0.3 is 10.5 Å². The highest BCUT2D eigenvalue weighted by molar-refractivity contribution is 6.36. The quantitative estimate of drug-likeness (QED) is 0.642. The van der Waals surface area contributed by atoms with E-state index in [1.54, 1.807) is 19.1 Å². The lowest BCUT2D eigenvalue weighted by molar-refractivity contribution is 0.218. The number of hydrogen-bond donors (Lipinski definition) is 1. The van der Waals surface area contributed by atoms with E-state index >= 15 is 0 Å². The van der Waals surface area contributed by atoms with Gasteiger partial charge in [0.1, 0.15) is 11.9 Å². The molecule has 0 fully saturated rings.